The second-order valence-electron chi connectivity index (χ2n) is 4.14. The molecule has 0 aliphatic carbocycles. The molecule has 3 rings (SSSR count). The van der Waals surface area contributed by atoms with Gasteiger partial charge in [0.05, 0.1) is 13.7 Å². The van der Waals surface area contributed by atoms with Gasteiger partial charge in [-0.3, -0.25) is 0 Å². The zero-order chi connectivity index (χ0) is 11.7. The number of thiazole rings is 1. The Balaban J connectivity index is 1.81. The summed E-state index contributed by atoms with van der Waals surface area (Å²) in [6.45, 7) is 1.14. The van der Waals surface area contributed by atoms with E-state index in [1.54, 1.807) is 18.4 Å². The van der Waals surface area contributed by atoms with Crippen LogP contribution in [0, 0.1) is 0 Å². The van der Waals surface area contributed by atoms with E-state index in [2.05, 4.69) is 15.3 Å². The molecule has 1 aromatic heterocycles. The van der Waals surface area contributed by atoms with Gasteiger partial charge in [0.25, 0.3) is 0 Å². The molecule has 1 N–H and O–H groups in total. The lowest BCUT2D eigenvalue weighted by Gasteiger charge is -2.01. The van der Waals surface area contributed by atoms with Crippen molar-refractivity contribution < 1.29 is 9.30 Å². The fourth-order valence-corrected chi connectivity index (χ4v) is 3.14. The Morgan fingerprint density at radius 2 is 2.12 bits per heavy atom. The van der Waals surface area contributed by atoms with Crippen molar-refractivity contribution in [3.8, 4) is 5.75 Å². The zero-order valence-electron chi connectivity index (χ0n) is 9.77. The highest BCUT2D eigenvalue weighted by atomic mass is 32.1. The fraction of sp³-hybridized carbons (Fsp3) is 0.308. The maximum Gasteiger partial charge on any atom is 0.339 e. The smallest absolute Gasteiger partial charge is 0.339 e. The Kier molecular flexibility index (Phi) is 2.73. The second-order valence-corrected chi connectivity index (χ2v) is 5.00. The van der Waals surface area contributed by atoms with Gasteiger partial charge >= 0.3 is 5.13 Å². The molecule has 2 aromatic rings. The van der Waals surface area contributed by atoms with Crippen LogP contribution in [0.5, 0.6) is 5.75 Å². The van der Waals surface area contributed by atoms with Crippen molar-refractivity contribution in [2.75, 3.05) is 12.4 Å². The minimum Gasteiger partial charge on any atom is -0.497 e. The van der Waals surface area contributed by atoms with Gasteiger partial charge in [-0.25, -0.2) is 9.88 Å². The predicted octanol–water partition coefficient (Wildman–Crippen LogP) is 2.73. The number of nitrogens with one attached hydrogen (secondary N) is 1. The lowest BCUT2D eigenvalue weighted by molar-refractivity contribution is -0.672. The van der Waals surface area contributed by atoms with Crippen LogP contribution in [0.4, 0.5) is 10.8 Å². The third kappa shape index (κ3) is 2.00. The van der Waals surface area contributed by atoms with Crippen LogP contribution in [-0.2, 0) is 13.0 Å². The maximum atomic E-state index is 5.15. The average molecular weight is 247 g/mol. The first-order valence-corrected chi connectivity index (χ1v) is 6.66. The molecule has 3 nitrogen and oxygen atoms in total. The summed E-state index contributed by atoms with van der Waals surface area (Å²) in [5.74, 6) is 0.889. The third-order valence-corrected chi connectivity index (χ3v) is 3.99. The number of fused-ring (bicyclic) bond motifs is 1. The number of hydrogen-bond acceptors (Lipinski definition) is 3. The van der Waals surface area contributed by atoms with E-state index in [4.69, 9.17) is 4.74 Å². The highest BCUT2D eigenvalue weighted by Crippen LogP contribution is 2.24. The van der Waals surface area contributed by atoms with Gasteiger partial charge in [0.1, 0.15) is 17.1 Å². The van der Waals surface area contributed by atoms with E-state index in [1.165, 1.54) is 23.7 Å². The zero-order valence-corrected chi connectivity index (χ0v) is 10.6. The topological polar surface area (TPSA) is 25.1 Å². The molecule has 4 heteroatoms. The van der Waals surface area contributed by atoms with E-state index < -0.39 is 0 Å². The van der Waals surface area contributed by atoms with E-state index in [1.807, 2.05) is 24.3 Å². The Labute approximate surface area is 105 Å². The quantitative estimate of drug-likeness (QED) is 0.844. The number of ether oxygens (including phenoxy) is 1. The molecule has 17 heavy (non-hydrogen) atoms. The van der Waals surface area contributed by atoms with Gasteiger partial charge in [-0.05, 0) is 30.7 Å². The van der Waals surface area contributed by atoms with Gasteiger partial charge in [-0.2, -0.15) is 0 Å². The molecule has 0 atom stereocenters. The van der Waals surface area contributed by atoms with E-state index in [9.17, 15) is 0 Å². The lowest BCUT2D eigenvalue weighted by atomic mass is 10.3. The number of anilines is 2. The molecule has 2 heterocycles. The van der Waals surface area contributed by atoms with Crippen LogP contribution >= 0.6 is 11.3 Å². The van der Waals surface area contributed by atoms with Gasteiger partial charge in [0, 0.05) is 11.8 Å². The van der Waals surface area contributed by atoms with Crippen LogP contribution in [0.3, 0.4) is 0 Å². The normalized spacial score (nSPS) is 13.5. The number of nitrogens with zero attached hydrogens (tertiary/aromatic N) is 1. The van der Waals surface area contributed by atoms with Crippen molar-refractivity contribution in [2.45, 2.75) is 19.4 Å². The minimum atomic E-state index is 0.889. The van der Waals surface area contributed by atoms with Crippen LogP contribution in [0.15, 0.2) is 29.6 Å². The molecular weight excluding hydrogens is 232 g/mol. The monoisotopic (exact) mass is 247 g/mol. The van der Waals surface area contributed by atoms with Crippen molar-refractivity contribution in [2.24, 2.45) is 0 Å². The van der Waals surface area contributed by atoms with Gasteiger partial charge in [0.2, 0.25) is 0 Å². The van der Waals surface area contributed by atoms with Crippen LogP contribution in [-0.4, -0.2) is 7.11 Å². The summed E-state index contributed by atoms with van der Waals surface area (Å²) < 4.78 is 7.52. The number of aryl methyl sites for hydroxylation is 1. The molecular formula is C13H15N2OS+. The van der Waals surface area contributed by atoms with Gasteiger partial charge in [0.15, 0.2) is 0 Å². The Hall–Kier alpha value is -1.55. The van der Waals surface area contributed by atoms with E-state index >= 15 is 0 Å². The molecule has 1 aliphatic rings. The molecule has 0 radical (unpaired) electrons. The molecule has 0 fully saturated rings. The Morgan fingerprint density at radius 3 is 2.88 bits per heavy atom. The molecule has 0 saturated heterocycles. The summed E-state index contributed by atoms with van der Waals surface area (Å²) in [7, 11) is 1.68. The molecule has 88 valence electrons. The fourth-order valence-electron chi connectivity index (χ4n) is 2.13. The standard InChI is InChI=1S/C13H14N2OS/c1-16-12-6-4-10(5-7-12)14-13-15-8-2-3-11(15)9-17-13/h4-7,9H,2-3,8H2,1H3/p+1. The SMILES string of the molecule is COc1ccc(Nc2scc3[n+]2CCC3)cc1. The van der Waals surface area contributed by atoms with Gasteiger partial charge < -0.3 is 4.74 Å². The molecule has 0 saturated carbocycles. The van der Waals surface area contributed by atoms with E-state index in [0.717, 1.165) is 18.0 Å². The summed E-state index contributed by atoms with van der Waals surface area (Å²) in [5.41, 5.74) is 2.56. The van der Waals surface area contributed by atoms with Crippen LogP contribution in [0.25, 0.3) is 0 Å². The van der Waals surface area contributed by atoms with Crippen molar-refractivity contribution in [1.82, 2.24) is 0 Å². The third-order valence-electron chi connectivity index (χ3n) is 3.05. The molecule has 0 unspecified atom stereocenters. The van der Waals surface area contributed by atoms with Crippen molar-refractivity contribution in [1.29, 1.82) is 0 Å². The number of aromatic nitrogens is 1. The maximum absolute atomic E-state index is 5.15. The van der Waals surface area contributed by atoms with Crippen molar-refractivity contribution >= 4 is 22.2 Å². The van der Waals surface area contributed by atoms with Crippen LogP contribution in [0.2, 0.25) is 0 Å². The first kappa shape index (κ1) is 10.6. The van der Waals surface area contributed by atoms with Gasteiger partial charge in [-0.1, -0.05) is 11.3 Å². The first-order chi connectivity index (χ1) is 8.36. The number of methoxy groups -OCH3 is 1. The lowest BCUT2D eigenvalue weighted by Crippen LogP contribution is -2.32. The summed E-state index contributed by atoms with van der Waals surface area (Å²) in [6.07, 6.45) is 2.47. The average Bonchev–Trinajstić information content (AvgIpc) is 2.95. The summed E-state index contributed by atoms with van der Waals surface area (Å²) in [5, 5.41) is 6.94. The molecule has 0 spiro atoms. The highest BCUT2D eigenvalue weighted by Gasteiger charge is 2.22. The number of benzene rings is 1. The highest BCUT2D eigenvalue weighted by molar-refractivity contribution is 7.13. The van der Waals surface area contributed by atoms with Gasteiger partial charge in [-0.15, -0.1) is 0 Å². The summed E-state index contributed by atoms with van der Waals surface area (Å²) in [4.78, 5) is 0. The van der Waals surface area contributed by atoms with Crippen LogP contribution < -0.4 is 14.6 Å². The number of rotatable bonds is 3. The largest absolute Gasteiger partial charge is 0.497 e. The molecule has 1 aromatic carbocycles. The van der Waals surface area contributed by atoms with E-state index in [0.29, 0.717) is 0 Å². The molecule has 0 bridgehead atoms. The molecule has 0 amide bonds. The van der Waals surface area contributed by atoms with E-state index in [-0.39, 0.29) is 0 Å². The second kappa shape index (κ2) is 4.37. The molecule has 1 aliphatic heterocycles. The Morgan fingerprint density at radius 1 is 1.29 bits per heavy atom. The minimum absolute atomic E-state index is 0.889. The number of hydrogen-bond donors (Lipinski definition) is 1. The first-order valence-electron chi connectivity index (χ1n) is 5.78. The summed E-state index contributed by atoms with van der Waals surface area (Å²) >= 11 is 1.78. The Bertz CT molecular complexity index is 519. The van der Waals surface area contributed by atoms with Crippen LogP contribution in [0.1, 0.15) is 12.1 Å². The predicted molar refractivity (Wildman–Crippen MR) is 69.1 cm³/mol. The summed E-state index contributed by atoms with van der Waals surface area (Å²) in [6, 6.07) is 8.03. The van der Waals surface area contributed by atoms with Crippen molar-refractivity contribution in [3.63, 3.8) is 0 Å². The van der Waals surface area contributed by atoms with Crippen molar-refractivity contribution in [3.05, 3.63) is 35.3 Å².